The SMILES string of the molecule is CCCCCCCCCCCCc1ccc(OCC(O)C[N+](C)(C)C)cc1.[Cl-]. The maximum atomic E-state index is 10.0. The molecule has 4 heteroatoms. The highest BCUT2D eigenvalue weighted by Crippen LogP contribution is 2.16. The fourth-order valence-corrected chi connectivity index (χ4v) is 3.45. The fraction of sp³-hybridized carbons (Fsp3) is 0.750. The molecule has 0 saturated carbocycles. The van der Waals surface area contributed by atoms with Crippen LogP contribution < -0.4 is 17.1 Å². The maximum Gasteiger partial charge on any atom is 0.137 e. The lowest BCUT2D eigenvalue weighted by atomic mass is 10.0. The molecule has 1 unspecified atom stereocenters. The summed E-state index contributed by atoms with van der Waals surface area (Å²) in [4.78, 5) is 0. The normalized spacial score (nSPS) is 12.5. The lowest BCUT2D eigenvalue weighted by molar-refractivity contribution is -0.873. The number of rotatable bonds is 16. The van der Waals surface area contributed by atoms with Crippen LogP contribution in [0.3, 0.4) is 0 Å². The average Bonchev–Trinajstić information content (AvgIpc) is 2.61. The van der Waals surface area contributed by atoms with Crippen LogP contribution in [0.25, 0.3) is 0 Å². The Morgan fingerprint density at radius 3 is 1.82 bits per heavy atom. The van der Waals surface area contributed by atoms with Crippen molar-refractivity contribution in [3.63, 3.8) is 0 Å². The summed E-state index contributed by atoms with van der Waals surface area (Å²) in [6, 6.07) is 8.39. The van der Waals surface area contributed by atoms with Crippen molar-refractivity contribution in [2.75, 3.05) is 34.3 Å². The molecule has 0 saturated heterocycles. The Kier molecular flexibility index (Phi) is 15.6. The molecule has 3 nitrogen and oxygen atoms in total. The van der Waals surface area contributed by atoms with Gasteiger partial charge in [0.1, 0.15) is 25.0 Å². The van der Waals surface area contributed by atoms with Crippen LogP contribution in [0.4, 0.5) is 0 Å². The number of nitrogens with zero attached hydrogens (tertiary/aromatic N) is 1. The van der Waals surface area contributed by atoms with Crippen molar-refractivity contribution in [2.45, 2.75) is 83.7 Å². The van der Waals surface area contributed by atoms with Crippen molar-refractivity contribution in [3.05, 3.63) is 29.8 Å². The van der Waals surface area contributed by atoms with Crippen LogP contribution in [0.5, 0.6) is 5.75 Å². The monoisotopic (exact) mass is 413 g/mol. The number of quaternary nitrogens is 1. The molecule has 1 aromatic rings. The lowest BCUT2D eigenvalue weighted by Gasteiger charge is -2.26. The molecule has 0 aliphatic rings. The van der Waals surface area contributed by atoms with Gasteiger partial charge in [-0.05, 0) is 30.5 Å². The number of aliphatic hydroxyl groups is 1. The lowest BCUT2D eigenvalue weighted by Crippen LogP contribution is -3.00. The quantitative estimate of drug-likeness (QED) is 0.333. The predicted molar refractivity (Wildman–Crippen MR) is 116 cm³/mol. The topological polar surface area (TPSA) is 29.5 Å². The fourth-order valence-electron chi connectivity index (χ4n) is 3.45. The van der Waals surface area contributed by atoms with Gasteiger partial charge in [0.05, 0.1) is 21.1 Å². The van der Waals surface area contributed by atoms with Gasteiger partial charge in [-0.25, -0.2) is 0 Å². The van der Waals surface area contributed by atoms with E-state index in [9.17, 15) is 5.11 Å². The molecule has 0 aliphatic heterocycles. The number of likely N-dealkylation sites (N-methyl/N-ethyl adjacent to an activating group) is 1. The molecule has 1 rings (SSSR count). The highest BCUT2D eigenvalue weighted by atomic mass is 35.5. The minimum atomic E-state index is -0.434. The van der Waals surface area contributed by atoms with Gasteiger partial charge in [-0.2, -0.15) is 0 Å². The number of unbranched alkanes of at least 4 members (excludes halogenated alkanes) is 9. The van der Waals surface area contributed by atoms with E-state index in [1.54, 1.807) is 0 Å². The summed E-state index contributed by atoms with van der Waals surface area (Å²) >= 11 is 0. The van der Waals surface area contributed by atoms with Crippen LogP contribution in [0.1, 0.15) is 76.7 Å². The van der Waals surface area contributed by atoms with Crippen LogP contribution in [0.2, 0.25) is 0 Å². The third kappa shape index (κ3) is 15.2. The van der Waals surface area contributed by atoms with E-state index in [0.717, 1.165) is 16.7 Å². The Balaban J connectivity index is 0.00000729. The van der Waals surface area contributed by atoms with E-state index in [0.29, 0.717) is 13.2 Å². The number of aryl methyl sites for hydroxylation is 1. The number of aliphatic hydroxyl groups excluding tert-OH is 1. The number of hydrogen-bond acceptors (Lipinski definition) is 2. The first-order chi connectivity index (χ1) is 12.9. The van der Waals surface area contributed by atoms with Crippen LogP contribution in [0.15, 0.2) is 24.3 Å². The molecule has 0 aromatic heterocycles. The number of hydrogen-bond donors (Lipinski definition) is 1. The van der Waals surface area contributed by atoms with Crippen LogP contribution in [0, 0.1) is 0 Å². The first-order valence-corrected chi connectivity index (χ1v) is 11.1. The third-order valence-electron chi connectivity index (χ3n) is 4.94. The van der Waals surface area contributed by atoms with Gasteiger partial charge < -0.3 is 26.7 Å². The summed E-state index contributed by atoms with van der Waals surface area (Å²) in [6.07, 6.45) is 14.5. The highest BCUT2D eigenvalue weighted by molar-refractivity contribution is 5.27. The van der Waals surface area contributed by atoms with E-state index in [2.05, 4.69) is 40.2 Å². The van der Waals surface area contributed by atoms with Crippen molar-refractivity contribution in [1.82, 2.24) is 0 Å². The van der Waals surface area contributed by atoms with E-state index in [1.807, 2.05) is 12.1 Å². The van der Waals surface area contributed by atoms with Crippen LogP contribution in [-0.4, -0.2) is 50.0 Å². The first kappa shape index (κ1) is 27.2. The summed E-state index contributed by atoms with van der Waals surface area (Å²) in [5, 5.41) is 10.0. The Morgan fingerprint density at radius 1 is 0.821 bits per heavy atom. The molecule has 28 heavy (non-hydrogen) atoms. The molecule has 164 valence electrons. The van der Waals surface area contributed by atoms with Crippen molar-refractivity contribution >= 4 is 0 Å². The second-order valence-corrected chi connectivity index (χ2v) is 9.01. The van der Waals surface area contributed by atoms with E-state index >= 15 is 0 Å². The van der Waals surface area contributed by atoms with Crippen LogP contribution >= 0.6 is 0 Å². The minimum absolute atomic E-state index is 0. The largest absolute Gasteiger partial charge is 1.00 e. The molecule has 0 radical (unpaired) electrons. The van der Waals surface area contributed by atoms with Gasteiger partial charge in [-0.3, -0.25) is 0 Å². The number of halogens is 1. The van der Waals surface area contributed by atoms with Gasteiger partial charge in [0, 0.05) is 0 Å². The molecule has 1 atom stereocenters. The zero-order chi connectivity index (χ0) is 20.0. The van der Waals surface area contributed by atoms with Gasteiger partial charge in [-0.1, -0.05) is 76.8 Å². The zero-order valence-corrected chi connectivity index (χ0v) is 19.5. The van der Waals surface area contributed by atoms with Crippen molar-refractivity contribution in [1.29, 1.82) is 0 Å². The number of ether oxygens (including phenoxy) is 1. The number of benzene rings is 1. The summed E-state index contributed by atoms with van der Waals surface area (Å²) in [6.45, 7) is 3.32. The second kappa shape index (κ2) is 16.1. The molecule has 0 spiro atoms. The summed E-state index contributed by atoms with van der Waals surface area (Å²) < 4.78 is 6.45. The Hall–Kier alpha value is -0.770. The van der Waals surface area contributed by atoms with Gasteiger partial charge in [0.25, 0.3) is 0 Å². The molecule has 0 fully saturated rings. The molecule has 0 aliphatic carbocycles. The molecule has 0 bridgehead atoms. The molecular weight excluding hydrogens is 370 g/mol. The highest BCUT2D eigenvalue weighted by Gasteiger charge is 2.15. The van der Waals surface area contributed by atoms with Crippen molar-refractivity contribution in [3.8, 4) is 5.75 Å². The smallest absolute Gasteiger partial charge is 0.137 e. The Labute approximate surface area is 180 Å². The summed E-state index contributed by atoms with van der Waals surface area (Å²) in [7, 11) is 6.23. The summed E-state index contributed by atoms with van der Waals surface area (Å²) in [5.74, 6) is 0.849. The first-order valence-electron chi connectivity index (χ1n) is 11.1. The predicted octanol–water partition coefficient (Wildman–Crippen LogP) is 2.60. The van der Waals surface area contributed by atoms with E-state index < -0.39 is 6.10 Å². The van der Waals surface area contributed by atoms with Gasteiger partial charge >= 0.3 is 0 Å². The maximum absolute atomic E-state index is 10.0. The van der Waals surface area contributed by atoms with Crippen molar-refractivity contribution < 1.29 is 26.7 Å². The van der Waals surface area contributed by atoms with Crippen LogP contribution in [-0.2, 0) is 6.42 Å². The molecular formula is C24H44ClNO2. The average molecular weight is 414 g/mol. The zero-order valence-electron chi connectivity index (χ0n) is 18.8. The molecule has 1 N–H and O–H groups in total. The minimum Gasteiger partial charge on any atom is -1.00 e. The third-order valence-corrected chi connectivity index (χ3v) is 4.94. The van der Waals surface area contributed by atoms with Crippen molar-refractivity contribution in [2.24, 2.45) is 0 Å². The van der Waals surface area contributed by atoms with E-state index in [1.165, 1.54) is 69.8 Å². The summed E-state index contributed by atoms with van der Waals surface area (Å²) in [5.41, 5.74) is 1.38. The standard InChI is InChI=1S/C24H44NO2.ClH/c1-5-6-7-8-9-10-11-12-13-14-15-22-16-18-24(19-17-22)27-21-23(26)20-25(2,3)4;/h16-19,23,26H,5-15,20-21H2,1-4H3;1H/q+1;/p-1. The second-order valence-electron chi connectivity index (χ2n) is 9.01. The Morgan fingerprint density at radius 2 is 1.32 bits per heavy atom. The molecule has 1 aromatic carbocycles. The van der Waals surface area contributed by atoms with Gasteiger partial charge in [0.2, 0.25) is 0 Å². The molecule has 0 amide bonds. The molecule has 0 heterocycles. The van der Waals surface area contributed by atoms with Gasteiger partial charge in [-0.15, -0.1) is 0 Å². The van der Waals surface area contributed by atoms with E-state index in [4.69, 9.17) is 4.74 Å². The van der Waals surface area contributed by atoms with E-state index in [-0.39, 0.29) is 12.4 Å². The Bertz CT molecular complexity index is 470. The van der Waals surface area contributed by atoms with Gasteiger partial charge in [0.15, 0.2) is 0 Å².